The lowest BCUT2D eigenvalue weighted by Gasteiger charge is -2.18. The molecule has 0 saturated heterocycles. The molecule has 0 bridgehead atoms. The summed E-state index contributed by atoms with van der Waals surface area (Å²) in [6.07, 6.45) is 0. The molecule has 1 N–H and O–H groups in total. The van der Waals surface area contributed by atoms with E-state index in [1.807, 2.05) is 0 Å². The second kappa shape index (κ2) is 5.75. The monoisotopic (exact) mass is 304 g/mol. The summed E-state index contributed by atoms with van der Waals surface area (Å²) in [6, 6.07) is 2.95. The van der Waals surface area contributed by atoms with Gasteiger partial charge in [0.05, 0.1) is 4.92 Å². The van der Waals surface area contributed by atoms with Crippen LogP contribution in [-0.4, -0.2) is 10.8 Å². The van der Waals surface area contributed by atoms with Crippen molar-refractivity contribution in [3.63, 3.8) is 0 Å². The minimum atomic E-state index is -0.639. The van der Waals surface area contributed by atoms with Crippen molar-refractivity contribution in [3.8, 4) is 0 Å². The summed E-state index contributed by atoms with van der Waals surface area (Å²) in [4.78, 5) is 21.9. The molecule has 1 rings (SSSR count). The third kappa shape index (κ3) is 3.81. The Balaban J connectivity index is 2.95. The lowest BCUT2D eigenvalue weighted by atomic mass is 9.95. The van der Waals surface area contributed by atoms with Crippen LogP contribution in [0.1, 0.15) is 26.3 Å². The number of nitro groups is 1. The normalized spacial score (nSPS) is 11.2. The lowest BCUT2D eigenvalue weighted by molar-refractivity contribution is -0.384. The zero-order valence-electron chi connectivity index (χ0n) is 10.8. The summed E-state index contributed by atoms with van der Waals surface area (Å²) in [6.45, 7) is 5.43. The van der Waals surface area contributed by atoms with Gasteiger partial charge in [0.1, 0.15) is 10.0 Å². The second-order valence-corrected chi connectivity index (χ2v) is 5.84. The van der Waals surface area contributed by atoms with Gasteiger partial charge in [0, 0.05) is 12.0 Å². The number of benzene rings is 1. The maximum Gasteiger partial charge on any atom is 0.306 e. The van der Waals surface area contributed by atoms with Gasteiger partial charge in [-0.1, -0.05) is 50.0 Å². The van der Waals surface area contributed by atoms with E-state index in [4.69, 9.17) is 23.2 Å². The van der Waals surface area contributed by atoms with Gasteiger partial charge < -0.3 is 5.32 Å². The fourth-order valence-electron chi connectivity index (χ4n) is 1.33. The highest BCUT2D eigenvalue weighted by molar-refractivity contribution is 6.38. The topological polar surface area (TPSA) is 72.2 Å². The van der Waals surface area contributed by atoms with Crippen molar-refractivity contribution in [2.45, 2.75) is 27.3 Å². The van der Waals surface area contributed by atoms with Crippen LogP contribution in [0.2, 0.25) is 10.0 Å². The van der Waals surface area contributed by atoms with E-state index in [1.165, 1.54) is 6.07 Å². The van der Waals surface area contributed by atoms with Gasteiger partial charge in [-0.2, -0.15) is 0 Å². The van der Waals surface area contributed by atoms with E-state index < -0.39 is 10.3 Å². The Morgan fingerprint density at radius 1 is 1.37 bits per heavy atom. The molecule has 0 atom stereocenters. The minimum Gasteiger partial charge on any atom is -0.352 e. The molecule has 5 nitrogen and oxygen atoms in total. The first-order valence-corrected chi connectivity index (χ1v) is 6.29. The molecule has 19 heavy (non-hydrogen) atoms. The van der Waals surface area contributed by atoms with Gasteiger partial charge in [-0.3, -0.25) is 14.9 Å². The van der Waals surface area contributed by atoms with Crippen LogP contribution < -0.4 is 5.32 Å². The van der Waals surface area contributed by atoms with Crippen LogP contribution in [0, 0.1) is 15.5 Å². The van der Waals surface area contributed by atoms with Crippen LogP contribution in [0.5, 0.6) is 0 Å². The average Bonchev–Trinajstić information content (AvgIpc) is 2.25. The first-order chi connectivity index (χ1) is 8.64. The van der Waals surface area contributed by atoms with Gasteiger partial charge in [-0.15, -0.1) is 0 Å². The van der Waals surface area contributed by atoms with Crippen molar-refractivity contribution in [2.75, 3.05) is 0 Å². The molecule has 0 aromatic heterocycles. The van der Waals surface area contributed by atoms with Gasteiger partial charge in [-0.05, 0) is 11.6 Å². The smallest absolute Gasteiger partial charge is 0.306 e. The SMILES string of the molecule is CC(C)(C)C(=O)NCc1ccc(Cl)c([N+](=O)[O-])c1Cl. The first-order valence-electron chi connectivity index (χ1n) is 5.54. The number of carbonyl (C=O) groups is 1. The molecule has 0 aliphatic heterocycles. The van der Waals surface area contributed by atoms with Gasteiger partial charge in [0.15, 0.2) is 0 Å². The van der Waals surface area contributed by atoms with Crippen molar-refractivity contribution < 1.29 is 9.72 Å². The van der Waals surface area contributed by atoms with E-state index in [9.17, 15) is 14.9 Å². The van der Waals surface area contributed by atoms with Crippen LogP contribution in [0.15, 0.2) is 12.1 Å². The largest absolute Gasteiger partial charge is 0.352 e. The number of nitro benzene ring substituents is 1. The number of halogens is 2. The molecule has 104 valence electrons. The van der Waals surface area contributed by atoms with Crippen molar-refractivity contribution in [3.05, 3.63) is 37.9 Å². The third-order valence-electron chi connectivity index (χ3n) is 2.45. The highest BCUT2D eigenvalue weighted by Crippen LogP contribution is 2.35. The average molecular weight is 305 g/mol. The maximum absolute atomic E-state index is 11.7. The number of carbonyl (C=O) groups excluding carboxylic acids is 1. The molecule has 0 heterocycles. The van der Waals surface area contributed by atoms with Crippen molar-refractivity contribution >= 4 is 34.8 Å². The Morgan fingerprint density at radius 2 is 1.95 bits per heavy atom. The van der Waals surface area contributed by atoms with Crippen LogP contribution in [-0.2, 0) is 11.3 Å². The molecule has 1 aromatic rings. The molecule has 0 aliphatic rings. The van der Waals surface area contributed by atoms with E-state index in [2.05, 4.69) is 5.32 Å². The van der Waals surface area contributed by atoms with E-state index in [0.717, 1.165) is 0 Å². The zero-order valence-corrected chi connectivity index (χ0v) is 12.3. The molecule has 0 fully saturated rings. The third-order valence-corrected chi connectivity index (χ3v) is 3.18. The molecule has 0 spiro atoms. The maximum atomic E-state index is 11.7. The van der Waals surface area contributed by atoms with Gasteiger partial charge in [0.2, 0.25) is 5.91 Å². The molecule has 0 unspecified atom stereocenters. The fourth-order valence-corrected chi connectivity index (χ4v) is 1.90. The standard InChI is InChI=1S/C12H14Cl2N2O3/c1-12(2,3)11(17)15-6-7-4-5-8(13)10(9(7)14)16(18)19/h4-5H,6H2,1-3H3,(H,15,17). The number of hydrogen-bond donors (Lipinski definition) is 1. The van der Waals surface area contributed by atoms with Gasteiger partial charge in [-0.25, -0.2) is 0 Å². The van der Waals surface area contributed by atoms with E-state index in [0.29, 0.717) is 5.56 Å². The lowest BCUT2D eigenvalue weighted by Crippen LogP contribution is -2.34. The second-order valence-electron chi connectivity index (χ2n) is 5.06. The van der Waals surface area contributed by atoms with E-state index >= 15 is 0 Å². The molecule has 7 heteroatoms. The van der Waals surface area contributed by atoms with Crippen molar-refractivity contribution in [1.82, 2.24) is 5.32 Å². The summed E-state index contributed by atoms with van der Waals surface area (Å²) in [5.41, 5.74) is -0.425. The summed E-state index contributed by atoms with van der Waals surface area (Å²) in [5, 5.41) is 13.4. The molecule has 0 aliphatic carbocycles. The molecule has 1 amide bonds. The van der Waals surface area contributed by atoms with Gasteiger partial charge >= 0.3 is 5.69 Å². The fraction of sp³-hybridized carbons (Fsp3) is 0.417. The van der Waals surface area contributed by atoms with Crippen LogP contribution >= 0.6 is 23.2 Å². The molecule has 0 radical (unpaired) electrons. The van der Waals surface area contributed by atoms with Crippen LogP contribution in [0.25, 0.3) is 0 Å². The highest BCUT2D eigenvalue weighted by atomic mass is 35.5. The number of hydrogen-bond acceptors (Lipinski definition) is 3. The summed E-state index contributed by atoms with van der Waals surface area (Å²) in [7, 11) is 0. The summed E-state index contributed by atoms with van der Waals surface area (Å²) < 4.78 is 0. The Morgan fingerprint density at radius 3 is 2.42 bits per heavy atom. The van der Waals surface area contributed by atoms with Crippen molar-refractivity contribution in [2.24, 2.45) is 5.41 Å². The number of rotatable bonds is 3. The van der Waals surface area contributed by atoms with Gasteiger partial charge in [0.25, 0.3) is 0 Å². The highest BCUT2D eigenvalue weighted by Gasteiger charge is 2.23. The molecule has 0 saturated carbocycles. The Kier molecular flexibility index (Phi) is 4.76. The van der Waals surface area contributed by atoms with Crippen LogP contribution in [0.4, 0.5) is 5.69 Å². The predicted octanol–water partition coefficient (Wildman–Crippen LogP) is 3.56. The first kappa shape index (κ1) is 15.7. The van der Waals surface area contributed by atoms with E-state index in [-0.39, 0.29) is 28.2 Å². The number of nitrogens with zero attached hydrogens (tertiary/aromatic N) is 1. The predicted molar refractivity (Wildman–Crippen MR) is 74.4 cm³/mol. The molecule has 1 aromatic carbocycles. The number of amides is 1. The van der Waals surface area contributed by atoms with E-state index in [1.54, 1.807) is 26.8 Å². The summed E-state index contributed by atoms with van der Waals surface area (Å²) in [5.74, 6) is -0.166. The Hall–Kier alpha value is -1.33. The zero-order chi connectivity index (χ0) is 14.8. The van der Waals surface area contributed by atoms with Crippen LogP contribution in [0.3, 0.4) is 0 Å². The quantitative estimate of drug-likeness (QED) is 0.685. The minimum absolute atomic E-state index is 0.0269. The molecular weight excluding hydrogens is 291 g/mol. The van der Waals surface area contributed by atoms with Crippen molar-refractivity contribution in [1.29, 1.82) is 0 Å². The summed E-state index contributed by atoms with van der Waals surface area (Å²) >= 11 is 11.6. The molecular formula is C12H14Cl2N2O3. The Bertz CT molecular complexity index is 524. The number of nitrogens with one attached hydrogen (secondary N) is 1. The Labute approximate surface area is 121 Å².